The van der Waals surface area contributed by atoms with Crippen LogP contribution in [0.25, 0.3) is 11.0 Å². The zero-order valence-electron chi connectivity index (χ0n) is 13.6. The number of aromatic nitrogens is 2. The summed E-state index contributed by atoms with van der Waals surface area (Å²) in [5, 5.41) is 5.16. The molecule has 0 aliphatic heterocycles. The number of carbonyl (C=O) groups is 2. The van der Waals surface area contributed by atoms with Crippen molar-refractivity contribution in [2.45, 2.75) is 6.92 Å². The second kappa shape index (κ2) is 6.91. The van der Waals surface area contributed by atoms with E-state index < -0.39 is 6.09 Å². The van der Waals surface area contributed by atoms with Crippen LogP contribution < -0.4 is 15.4 Å². The average Bonchev–Trinajstić information content (AvgIpc) is 2.97. The monoisotopic (exact) mass is 340 g/mol. The number of benzene rings is 2. The molecule has 0 fully saturated rings. The van der Waals surface area contributed by atoms with Crippen LogP contribution in [0.4, 0.5) is 16.4 Å². The SMILES string of the molecule is COC(=O)Nc1nc2ccc(Oc3ccc(NC(C)=O)cc3)cc2[nH]1. The van der Waals surface area contributed by atoms with E-state index in [1.807, 2.05) is 0 Å². The molecule has 0 spiro atoms. The highest BCUT2D eigenvalue weighted by molar-refractivity contribution is 5.88. The Kier molecular flexibility index (Phi) is 4.51. The first kappa shape index (κ1) is 16.3. The fourth-order valence-electron chi connectivity index (χ4n) is 2.20. The predicted molar refractivity (Wildman–Crippen MR) is 92.9 cm³/mol. The standard InChI is InChI=1S/C17H16N4O4/c1-10(22)18-11-3-5-12(6-4-11)25-13-7-8-14-15(9-13)20-16(19-14)21-17(23)24-2/h3-9H,1-2H3,(H,18,22)(H2,19,20,21,23). The quantitative estimate of drug-likeness (QED) is 0.674. The molecule has 0 aliphatic rings. The number of imidazole rings is 1. The average molecular weight is 340 g/mol. The van der Waals surface area contributed by atoms with Crippen molar-refractivity contribution in [2.75, 3.05) is 17.7 Å². The molecule has 128 valence electrons. The Labute approximate surface area is 143 Å². The highest BCUT2D eigenvalue weighted by atomic mass is 16.5. The lowest BCUT2D eigenvalue weighted by Gasteiger charge is -2.07. The Hall–Kier alpha value is -3.55. The minimum absolute atomic E-state index is 0.130. The Morgan fingerprint density at radius 1 is 1.04 bits per heavy atom. The number of ether oxygens (including phenoxy) is 2. The number of aromatic amines is 1. The lowest BCUT2D eigenvalue weighted by atomic mass is 10.3. The molecule has 1 heterocycles. The van der Waals surface area contributed by atoms with Crippen LogP contribution >= 0.6 is 0 Å². The van der Waals surface area contributed by atoms with E-state index >= 15 is 0 Å². The van der Waals surface area contributed by atoms with Gasteiger partial charge in [-0.1, -0.05) is 0 Å². The smallest absolute Gasteiger partial charge is 0.413 e. The number of amides is 2. The number of hydrogen-bond acceptors (Lipinski definition) is 5. The molecule has 3 aromatic rings. The van der Waals surface area contributed by atoms with E-state index in [0.29, 0.717) is 34.2 Å². The second-order valence-electron chi connectivity index (χ2n) is 5.19. The molecular weight excluding hydrogens is 324 g/mol. The number of hydrogen-bond donors (Lipinski definition) is 3. The third kappa shape index (κ3) is 4.05. The van der Waals surface area contributed by atoms with Crippen LogP contribution in [-0.4, -0.2) is 29.1 Å². The largest absolute Gasteiger partial charge is 0.457 e. The molecule has 8 heteroatoms. The summed E-state index contributed by atoms with van der Waals surface area (Å²) in [5.41, 5.74) is 2.08. The molecule has 2 aromatic carbocycles. The van der Waals surface area contributed by atoms with Gasteiger partial charge in [-0.25, -0.2) is 9.78 Å². The van der Waals surface area contributed by atoms with Crippen LogP contribution in [0.15, 0.2) is 42.5 Å². The Bertz CT molecular complexity index is 918. The number of nitrogens with one attached hydrogen (secondary N) is 3. The third-order valence-corrected chi connectivity index (χ3v) is 3.27. The summed E-state index contributed by atoms with van der Waals surface area (Å²) in [6, 6.07) is 12.3. The molecule has 0 saturated heterocycles. The van der Waals surface area contributed by atoms with Gasteiger partial charge in [-0.3, -0.25) is 10.1 Å². The van der Waals surface area contributed by atoms with Crippen LogP contribution in [0.2, 0.25) is 0 Å². The van der Waals surface area contributed by atoms with E-state index in [0.717, 1.165) is 0 Å². The fraction of sp³-hybridized carbons (Fsp3) is 0.118. The highest BCUT2D eigenvalue weighted by Crippen LogP contribution is 2.26. The molecule has 3 rings (SSSR count). The van der Waals surface area contributed by atoms with Crippen molar-refractivity contribution in [3.8, 4) is 11.5 Å². The number of rotatable bonds is 4. The van der Waals surface area contributed by atoms with Gasteiger partial charge < -0.3 is 19.8 Å². The number of methoxy groups -OCH3 is 1. The summed E-state index contributed by atoms with van der Waals surface area (Å²) in [5.74, 6) is 1.39. The van der Waals surface area contributed by atoms with Gasteiger partial charge in [-0.05, 0) is 36.4 Å². The maximum absolute atomic E-state index is 11.2. The van der Waals surface area contributed by atoms with Crippen LogP contribution in [0.1, 0.15) is 6.92 Å². The van der Waals surface area contributed by atoms with Gasteiger partial charge in [-0.15, -0.1) is 0 Å². The van der Waals surface area contributed by atoms with Gasteiger partial charge in [0.15, 0.2) is 0 Å². The first-order valence-electron chi connectivity index (χ1n) is 7.44. The molecule has 3 N–H and O–H groups in total. The molecule has 0 bridgehead atoms. The van der Waals surface area contributed by atoms with Gasteiger partial charge in [0.2, 0.25) is 11.9 Å². The van der Waals surface area contributed by atoms with Crippen molar-refractivity contribution in [3.63, 3.8) is 0 Å². The van der Waals surface area contributed by atoms with Crippen molar-refractivity contribution in [3.05, 3.63) is 42.5 Å². The summed E-state index contributed by atoms with van der Waals surface area (Å²) >= 11 is 0. The Morgan fingerprint density at radius 3 is 2.44 bits per heavy atom. The third-order valence-electron chi connectivity index (χ3n) is 3.27. The van der Waals surface area contributed by atoms with E-state index in [1.54, 1.807) is 42.5 Å². The van der Waals surface area contributed by atoms with E-state index in [9.17, 15) is 9.59 Å². The van der Waals surface area contributed by atoms with Crippen molar-refractivity contribution >= 4 is 34.7 Å². The fourth-order valence-corrected chi connectivity index (χ4v) is 2.20. The van der Waals surface area contributed by atoms with Gasteiger partial charge in [0.25, 0.3) is 0 Å². The minimum atomic E-state index is -0.602. The summed E-state index contributed by atoms with van der Waals surface area (Å²) in [6.45, 7) is 1.45. The maximum atomic E-state index is 11.2. The molecule has 0 saturated carbocycles. The zero-order valence-corrected chi connectivity index (χ0v) is 13.6. The molecule has 0 radical (unpaired) electrons. The highest BCUT2D eigenvalue weighted by Gasteiger charge is 2.08. The summed E-state index contributed by atoms with van der Waals surface area (Å²) in [7, 11) is 1.28. The number of H-pyrrole nitrogens is 1. The van der Waals surface area contributed by atoms with Crippen molar-refractivity contribution in [1.29, 1.82) is 0 Å². The van der Waals surface area contributed by atoms with Crippen LogP contribution in [0.5, 0.6) is 11.5 Å². The van der Waals surface area contributed by atoms with E-state index in [2.05, 4.69) is 25.3 Å². The normalized spacial score (nSPS) is 10.3. The molecule has 1 aromatic heterocycles. The first-order valence-corrected chi connectivity index (χ1v) is 7.44. The molecular formula is C17H16N4O4. The number of nitrogens with zero attached hydrogens (tertiary/aromatic N) is 1. The Morgan fingerprint density at radius 2 is 1.76 bits per heavy atom. The van der Waals surface area contributed by atoms with Gasteiger partial charge >= 0.3 is 6.09 Å². The molecule has 25 heavy (non-hydrogen) atoms. The minimum Gasteiger partial charge on any atom is -0.457 e. The molecule has 0 unspecified atom stereocenters. The van der Waals surface area contributed by atoms with Crippen LogP contribution in [0.3, 0.4) is 0 Å². The van der Waals surface area contributed by atoms with Gasteiger partial charge in [0, 0.05) is 18.7 Å². The van der Waals surface area contributed by atoms with Gasteiger partial charge in [0.05, 0.1) is 18.1 Å². The molecule has 2 amide bonds. The zero-order chi connectivity index (χ0) is 17.8. The Balaban J connectivity index is 1.75. The summed E-state index contributed by atoms with van der Waals surface area (Å²) in [4.78, 5) is 29.4. The number of carbonyl (C=O) groups excluding carboxylic acids is 2. The molecule has 8 nitrogen and oxygen atoms in total. The molecule has 0 aliphatic carbocycles. The number of anilines is 2. The molecule has 0 atom stereocenters. The van der Waals surface area contributed by atoms with Crippen molar-refractivity contribution in [1.82, 2.24) is 9.97 Å². The van der Waals surface area contributed by atoms with Crippen molar-refractivity contribution < 1.29 is 19.1 Å². The predicted octanol–water partition coefficient (Wildman–Crippen LogP) is 3.49. The van der Waals surface area contributed by atoms with Crippen LogP contribution in [0, 0.1) is 0 Å². The summed E-state index contributed by atoms with van der Waals surface area (Å²) in [6.07, 6.45) is -0.602. The van der Waals surface area contributed by atoms with E-state index in [4.69, 9.17) is 4.74 Å². The lowest BCUT2D eigenvalue weighted by Crippen LogP contribution is -2.11. The lowest BCUT2D eigenvalue weighted by molar-refractivity contribution is -0.114. The van der Waals surface area contributed by atoms with Gasteiger partial charge in [0.1, 0.15) is 11.5 Å². The number of fused-ring (bicyclic) bond motifs is 1. The van der Waals surface area contributed by atoms with E-state index in [-0.39, 0.29) is 5.91 Å². The topological polar surface area (TPSA) is 105 Å². The van der Waals surface area contributed by atoms with Crippen molar-refractivity contribution in [2.24, 2.45) is 0 Å². The van der Waals surface area contributed by atoms with Crippen LogP contribution in [-0.2, 0) is 9.53 Å². The van der Waals surface area contributed by atoms with E-state index in [1.165, 1.54) is 14.0 Å². The summed E-state index contributed by atoms with van der Waals surface area (Å²) < 4.78 is 10.3. The second-order valence-corrected chi connectivity index (χ2v) is 5.19. The van der Waals surface area contributed by atoms with Gasteiger partial charge in [-0.2, -0.15) is 0 Å². The maximum Gasteiger partial charge on any atom is 0.413 e. The first-order chi connectivity index (χ1) is 12.0.